The van der Waals surface area contributed by atoms with Crippen LogP contribution in [0.15, 0.2) is 18.3 Å². The van der Waals surface area contributed by atoms with Crippen LogP contribution >= 0.6 is 0 Å². The van der Waals surface area contributed by atoms with E-state index in [2.05, 4.69) is 10.3 Å². The summed E-state index contributed by atoms with van der Waals surface area (Å²) in [7, 11) is 1.63. The molecule has 1 aromatic rings. The van der Waals surface area contributed by atoms with Crippen molar-refractivity contribution in [1.82, 2.24) is 10.3 Å². The van der Waals surface area contributed by atoms with Crippen LogP contribution in [0.2, 0.25) is 0 Å². The van der Waals surface area contributed by atoms with Crippen molar-refractivity contribution in [2.75, 3.05) is 7.11 Å². The van der Waals surface area contributed by atoms with E-state index in [1.54, 1.807) is 13.3 Å². The Morgan fingerprint density at radius 1 is 1.25 bits per heavy atom. The Kier molecular flexibility index (Phi) is 5.75. The van der Waals surface area contributed by atoms with E-state index in [0.717, 1.165) is 23.3 Å². The van der Waals surface area contributed by atoms with E-state index >= 15 is 0 Å². The lowest BCUT2D eigenvalue weighted by Gasteiger charge is -2.39. The lowest BCUT2D eigenvalue weighted by Crippen LogP contribution is -2.33. The normalized spacial score (nSPS) is 27.8. The van der Waals surface area contributed by atoms with Crippen molar-refractivity contribution in [1.29, 1.82) is 0 Å². The van der Waals surface area contributed by atoms with Gasteiger partial charge in [0.25, 0.3) is 0 Å². The number of fused-ring (bicyclic) bond motifs is 1. The van der Waals surface area contributed by atoms with E-state index in [4.69, 9.17) is 4.74 Å². The maximum Gasteiger partial charge on any atom is 0.220 e. The summed E-state index contributed by atoms with van der Waals surface area (Å²) in [5, 5.41) is 3.11. The molecule has 2 aliphatic carbocycles. The molecule has 1 heterocycles. The van der Waals surface area contributed by atoms with Crippen molar-refractivity contribution in [3.05, 3.63) is 24.0 Å². The summed E-state index contributed by atoms with van der Waals surface area (Å²) in [4.78, 5) is 16.8. The van der Waals surface area contributed by atoms with Crippen molar-refractivity contribution in [2.45, 2.75) is 64.3 Å². The molecule has 2 aliphatic rings. The van der Waals surface area contributed by atoms with Crippen LogP contribution in [-0.2, 0) is 4.79 Å². The summed E-state index contributed by atoms with van der Waals surface area (Å²) in [6.07, 6.45) is 11.8. The number of hydrogen-bond acceptors (Lipinski definition) is 3. The molecule has 2 saturated carbocycles. The molecule has 0 aliphatic heterocycles. The molecule has 0 spiro atoms. The first-order chi connectivity index (χ1) is 11.7. The van der Waals surface area contributed by atoms with E-state index in [0.29, 0.717) is 12.3 Å². The third-order valence-electron chi connectivity index (χ3n) is 5.94. The first kappa shape index (κ1) is 17.2. The van der Waals surface area contributed by atoms with Crippen LogP contribution < -0.4 is 10.1 Å². The molecule has 1 aromatic heterocycles. The van der Waals surface area contributed by atoms with Crippen molar-refractivity contribution in [3.8, 4) is 5.75 Å². The predicted octanol–water partition coefficient (Wildman–Crippen LogP) is 4.26. The van der Waals surface area contributed by atoms with Crippen molar-refractivity contribution >= 4 is 5.91 Å². The van der Waals surface area contributed by atoms with Gasteiger partial charge >= 0.3 is 0 Å². The van der Waals surface area contributed by atoms with Gasteiger partial charge in [0, 0.05) is 6.42 Å². The van der Waals surface area contributed by atoms with Crippen LogP contribution in [0.3, 0.4) is 0 Å². The standard InChI is InChI=1S/C20H30N2O2/c1-14(19-10-9-18(24-2)13-21-19)22-20(23)12-15-7-8-16-5-3-4-6-17(16)11-15/h9-10,13-17H,3-8,11-12H2,1-2H3,(H,22,23)/t14-,15?,16?,17?/m1/s1. The van der Waals surface area contributed by atoms with Crippen LogP contribution in [0.25, 0.3) is 0 Å². The molecule has 132 valence electrons. The molecular weight excluding hydrogens is 300 g/mol. The molecule has 3 unspecified atom stereocenters. The Balaban J connectivity index is 1.47. The van der Waals surface area contributed by atoms with Gasteiger partial charge in [0.2, 0.25) is 5.91 Å². The SMILES string of the molecule is COc1ccc([C@@H](C)NC(=O)CC2CCC3CCCCC3C2)nc1. The van der Waals surface area contributed by atoms with Gasteiger partial charge in [0.05, 0.1) is 25.0 Å². The second kappa shape index (κ2) is 8.00. The van der Waals surface area contributed by atoms with Crippen molar-refractivity contribution < 1.29 is 9.53 Å². The zero-order valence-corrected chi connectivity index (χ0v) is 15.0. The van der Waals surface area contributed by atoms with Gasteiger partial charge in [-0.05, 0) is 56.1 Å². The predicted molar refractivity (Wildman–Crippen MR) is 94.8 cm³/mol. The van der Waals surface area contributed by atoms with Gasteiger partial charge in [-0.25, -0.2) is 0 Å². The Morgan fingerprint density at radius 3 is 2.75 bits per heavy atom. The number of carbonyl (C=O) groups excluding carboxylic acids is 1. The topological polar surface area (TPSA) is 51.2 Å². The van der Waals surface area contributed by atoms with Gasteiger partial charge in [-0.15, -0.1) is 0 Å². The maximum atomic E-state index is 12.4. The summed E-state index contributed by atoms with van der Waals surface area (Å²) in [5.74, 6) is 3.30. The lowest BCUT2D eigenvalue weighted by atomic mass is 9.67. The quantitative estimate of drug-likeness (QED) is 0.877. The first-order valence-electron chi connectivity index (χ1n) is 9.45. The van der Waals surface area contributed by atoms with Crippen LogP contribution in [0, 0.1) is 17.8 Å². The van der Waals surface area contributed by atoms with E-state index in [1.807, 2.05) is 19.1 Å². The van der Waals surface area contributed by atoms with E-state index in [-0.39, 0.29) is 11.9 Å². The smallest absolute Gasteiger partial charge is 0.220 e. The fourth-order valence-electron chi connectivity index (χ4n) is 4.56. The number of nitrogens with zero attached hydrogens (tertiary/aromatic N) is 1. The van der Waals surface area contributed by atoms with Gasteiger partial charge in [0.1, 0.15) is 5.75 Å². The van der Waals surface area contributed by atoms with Crippen LogP contribution in [0.1, 0.15) is 70.0 Å². The minimum atomic E-state index is -0.0607. The molecule has 24 heavy (non-hydrogen) atoms. The molecule has 0 bridgehead atoms. The molecule has 0 aromatic carbocycles. The highest BCUT2D eigenvalue weighted by molar-refractivity contribution is 5.76. The molecule has 4 atom stereocenters. The zero-order valence-electron chi connectivity index (χ0n) is 15.0. The Hall–Kier alpha value is -1.58. The molecular formula is C20H30N2O2. The average Bonchev–Trinajstić information content (AvgIpc) is 2.61. The second-order valence-corrected chi connectivity index (χ2v) is 7.60. The molecule has 2 fully saturated rings. The number of rotatable bonds is 5. The summed E-state index contributed by atoms with van der Waals surface area (Å²) >= 11 is 0. The molecule has 3 rings (SSSR count). The minimum Gasteiger partial charge on any atom is -0.495 e. The lowest BCUT2D eigenvalue weighted by molar-refractivity contribution is -0.123. The number of hydrogen-bond donors (Lipinski definition) is 1. The fourth-order valence-corrected chi connectivity index (χ4v) is 4.56. The van der Waals surface area contributed by atoms with Crippen molar-refractivity contribution in [3.63, 3.8) is 0 Å². The van der Waals surface area contributed by atoms with E-state index in [1.165, 1.54) is 44.9 Å². The highest BCUT2D eigenvalue weighted by Crippen LogP contribution is 2.43. The Labute approximate surface area is 145 Å². The highest BCUT2D eigenvalue weighted by atomic mass is 16.5. The molecule has 4 nitrogen and oxygen atoms in total. The van der Waals surface area contributed by atoms with Gasteiger partial charge in [0.15, 0.2) is 0 Å². The van der Waals surface area contributed by atoms with E-state index in [9.17, 15) is 4.79 Å². The number of aromatic nitrogens is 1. The van der Waals surface area contributed by atoms with Gasteiger partial charge in [-0.1, -0.05) is 25.7 Å². The third-order valence-corrected chi connectivity index (χ3v) is 5.94. The van der Waals surface area contributed by atoms with Gasteiger partial charge in [-0.2, -0.15) is 0 Å². The number of nitrogens with one attached hydrogen (secondary N) is 1. The Bertz CT molecular complexity index is 543. The number of amides is 1. The maximum absolute atomic E-state index is 12.4. The zero-order chi connectivity index (χ0) is 16.9. The van der Waals surface area contributed by atoms with Crippen molar-refractivity contribution in [2.24, 2.45) is 17.8 Å². The third kappa shape index (κ3) is 4.28. The molecule has 1 amide bonds. The monoisotopic (exact) mass is 330 g/mol. The largest absolute Gasteiger partial charge is 0.495 e. The summed E-state index contributed by atoms with van der Waals surface area (Å²) in [6, 6.07) is 3.74. The number of methoxy groups -OCH3 is 1. The first-order valence-corrected chi connectivity index (χ1v) is 9.45. The summed E-state index contributed by atoms with van der Waals surface area (Å²) < 4.78 is 5.12. The average molecular weight is 330 g/mol. The minimum absolute atomic E-state index is 0.0607. The molecule has 0 radical (unpaired) electrons. The van der Waals surface area contributed by atoms with Crippen LogP contribution in [0.5, 0.6) is 5.75 Å². The fraction of sp³-hybridized carbons (Fsp3) is 0.700. The van der Waals surface area contributed by atoms with Crippen LogP contribution in [-0.4, -0.2) is 18.0 Å². The number of pyridine rings is 1. The van der Waals surface area contributed by atoms with E-state index < -0.39 is 0 Å². The summed E-state index contributed by atoms with van der Waals surface area (Å²) in [6.45, 7) is 1.99. The highest BCUT2D eigenvalue weighted by Gasteiger charge is 2.32. The summed E-state index contributed by atoms with van der Waals surface area (Å²) in [5.41, 5.74) is 0.875. The van der Waals surface area contributed by atoms with Gasteiger partial charge < -0.3 is 10.1 Å². The number of ether oxygens (including phenoxy) is 1. The molecule has 1 N–H and O–H groups in total. The molecule has 4 heteroatoms. The Morgan fingerprint density at radius 2 is 2.04 bits per heavy atom. The second-order valence-electron chi connectivity index (χ2n) is 7.60. The van der Waals surface area contributed by atoms with Crippen LogP contribution in [0.4, 0.5) is 0 Å². The molecule has 0 saturated heterocycles. The number of carbonyl (C=O) groups is 1. The van der Waals surface area contributed by atoms with Gasteiger partial charge in [-0.3, -0.25) is 9.78 Å².